The fraction of sp³-hybridized carbons (Fsp3) is 0.250. The number of halogens is 2. The van der Waals surface area contributed by atoms with Crippen LogP contribution in [0.15, 0.2) is 41.4 Å². The van der Waals surface area contributed by atoms with E-state index in [1.54, 1.807) is 24.8 Å². The Morgan fingerprint density at radius 1 is 1.27 bits per heavy atom. The molecule has 1 aromatic heterocycles. The molecule has 6 heteroatoms. The molecule has 2 rings (SSSR count). The molecule has 0 fully saturated rings. The van der Waals surface area contributed by atoms with Crippen molar-refractivity contribution in [1.29, 1.82) is 0 Å². The molecule has 1 aromatic carbocycles. The first-order chi connectivity index (χ1) is 10.6. The quantitative estimate of drug-likeness (QED) is 0.410. The predicted molar refractivity (Wildman–Crippen MR) is 91.7 cm³/mol. The van der Waals surface area contributed by atoms with Crippen molar-refractivity contribution < 1.29 is 9.53 Å². The van der Waals surface area contributed by atoms with E-state index in [1.165, 1.54) is 6.20 Å². The first-order valence-electron chi connectivity index (χ1n) is 6.80. The number of nitrogens with zero attached hydrogens (tertiary/aromatic N) is 1. The van der Waals surface area contributed by atoms with Gasteiger partial charge in [0.25, 0.3) is 0 Å². The molecular formula is C16H15Cl2NO2S. The summed E-state index contributed by atoms with van der Waals surface area (Å²) in [5.41, 5.74) is 1.74. The van der Waals surface area contributed by atoms with Gasteiger partial charge in [-0.2, -0.15) is 0 Å². The zero-order chi connectivity index (χ0) is 15.9. The molecule has 0 aliphatic rings. The van der Waals surface area contributed by atoms with E-state index in [4.69, 9.17) is 27.9 Å². The van der Waals surface area contributed by atoms with Crippen LogP contribution in [0.5, 0.6) is 0 Å². The number of carbonyl (C=O) groups is 1. The van der Waals surface area contributed by atoms with Gasteiger partial charge in [0.05, 0.1) is 18.1 Å². The van der Waals surface area contributed by atoms with Crippen LogP contribution in [0.4, 0.5) is 0 Å². The maximum absolute atomic E-state index is 11.4. The minimum Gasteiger partial charge on any atom is -0.466 e. The molecule has 2 aromatic rings. The Bertz CT molecular complexity index is 664. The van der Waals surface area contributed by atoms with Crippen LogP contribution in [0.3, 0.4) is 0 Å². The van der Waals surface area contributed by atoms with E-state index in [1.807, 2.05) is 24.3 Å². The molecule has 0 N–H and O–H groups in total. The zero-order valence-electron chi connectivity index (χ0n) is 12.0. The van der Waals surface area contributed by atoms with Crippen molar-refractivity contribution in [1.82, 2.24) is 4.98 Å². The molecule has 116 valence electrons. The molecule has 0 spiro atoms. The number of esters is 1. The summed E-state index contributed by atoms with van der Waals surface area (Å²) in [4.78, 5) is 16.5. The first kappa shape index (κ1) is 17.1. The molecule has 0 saturated carbocycles. The molecule has 0 unspecified atom stereocenters. The SMILES string of the molecule is CCOC(=O)CCSc1ccccc1-c1cc(Cl)cnc1Cl. The molecule has 3 nitrogen and oxygen atoms in total. The lowest BCUT2D eigenvalue weighted by Crippen LogP contribution is -2.04. The lowest BCUT2D eigenvalue weighted by molar-refractivity contribution is -0.142. The van der Waals surface area contributed by atoms with Crippen molar-refractivity contribution in [3.63, 3.8) is 0 Å². The van der Waals surface area contributed by atoms with Crippen LogP contribution in [0.25, 0.3) is 11.1 Å². The largest absolute Gasteiger partial charge is 0.466 e. The smallest absolute Gasteiger partial charge is 0.306 e. The summed E-state index contributed by atoms with van der Waals surface area (Å²) >= 11 is 13.8. The minimum absolute atomic E-state index is 0.185. The third-order valence-electron chi connectivity index (χ3n) is 2.85. The zero-order valence-corrected chi connectivity index (χ0v) is 14.3. The summed E-state index contributed by atoms with van der Waals surface area (Å²) in [6.45, 7) is 2.21. The Morgan fingerprint density at radius 2 is 2.05 bits per heavy atom. The molecule has 0 saturated heterocycles. The van der Waals surface area contributed by atoms with Crippen molar-refractivity contribution in [2.24, 2.45) is 0 Å². The lowest BCUT2D eigenvalue weighted by atomic mass is 10.1. The van der Waals surface area contributed by atoms with Gasteiger partial charge in [-0.3, -0.25) is 4.79 Å². The van der Waals surface area contributed by atoms with Crippen molar-refractivity contribution in [3.05, 3.63) is 46.7 Å². The van der Waals surface area contributed by atoms with Gasteiger partial charge in [0.2, 0.25) is 0 Å². The summed E-state index contributed by atoms with van der Waals surface area (Å²) in [6.07, 6.45) is 1.89. The molecule has 0 radical (unpaired) electrons. The summed E-state index contributed by atoms with van der Waals surface area (Å²) in [6, 6.07) is 9.62. The predicted octanol–water partition coefficient (Wildman–Crippen LogP) is 5.10. The van der Waals surface area contributed by atoms with Crippen LogP contribution in [-0.4, -0.2) is 23.3 Å². The van der Waals surface area contributed by atoms with Crippen LogP contribution in [-0.2, 0) is 9.53 Å². The molecule has 0 atom stereocenters. The maximum Gasteiger partial charge on any atom is 0.306 e. The Kier molecular flexibility index (Phi) is 6.55. The fourth-order valence-corrected chi connectivity index (χ4v) is 3.26. The van der Waals surface area contributed by atoms with Crippen LogP contribution in [0.2, 0.25) is 10.2 Å². The van der Waals surface area contributed by atoms with E-state index < -0.39 is 0 Å². The van der Waals surface area contributed by atoms with Crippen molar-refractivity contribution in [2.75, 3.05) is 12.4 Å². The summed E-state index contributed by atoms with van der Waals surface area (Å²) in [7, 11) is 0. The second kappa shape index (κ2) is 8.42. The topological polar surface area (TPSA) is 39.2 Å². The maximum atomic E-state index is 11.4. The van der Waals surface area contributed by atoms with E-state index in [0.717, 1.165) is 16.0 Å². The summed E-state index contributed by atoms with van der Waals surface area (Å²) in [5, 5.41) is 0.938. The normalized spacial score (nSPS) is 10.5. The Labute approximate surface area is 144 Å². The van der Waals surface area contributed by atoms with E-state index in [2.05, 4.69) is 4.98 Å². The van der Waals surface area contributed by atoms with Crippen LogP contribution in [0, 0.1) is 0 Å². The summed E-state index contributed by atoms with van der Waals surface area (Å²) in [5.74, 6) is 0.455. The Balaban J connectivity index is 2.17. The number of thioether (sulfide) groups is 1. The average molecular weight is 356 g/mol. The second-order valence-electron chi connectivity index (χ2n) is 4.39. The number of rotatable bonds is 6. The molecule has 22 heavy (non-hydrogen) atoms. The van der Waals surface area contributed by atoms with E-state index in [9.17, 15) is 4.79 Å². The van der Waals surface area contributed by atoms with Gasteiger partial charge < -0.3 is 4.74 Å². The summed E-state index contributed by atoms with van der Waals surface area (Å²) < 4.78 is 4.93. The lowest BCUT2D eigenvalue weighted by Gasteiger charge is -2.10. The van der Waals surface area contributed by atoms with Gasteiger partial charge in [-0.15, -0.1) is 11.8 Å². The molecular weight excluding hydrogens is 341 g/mol. The fourth-order valence-electron chi connectivity index (χ4n) is 1.90. The third kappa shape index (κ3) is 4.63. The highest BCUT2D eigenvalue weighted by Gasteiger charge is 2.11. The molecule has 1 heterocycles. The van der Waals surface area contributed by atoms with Crippen molar-refractivity contribution in [2.45, 2.75) is 18.2 Å². The monoisotopic (exact) mass is 355 g/mol. The number of hydrogen-bond acceptors (Lipinski definition) is 4. The standard InChI is InChI=1S/C16H15Cl2NO2S/c1-2-21-15(20)7-8-22-14-6-4-3-5-12(14)13-9-11(17)10-19-16(13)18/h3-6,9-10H,2,7-8H2,1H3. The number of benzene rings is 1. The van der Waals surface area contributed by atoms with Gasteiger partial charge in [-0.25, -0.2) is 4.98 Å². The van der Waals surface area contributed by atoms with Gasteiger partial charge in [-0.1, -0.05) is 41.4 Å². The van der Waals surface area contributed by atoms with Gasteiger partial charge in [-0.05, 0) is 24.6 Å². The van der Waals surface area contributed by atoms with Crippen LogP contribution >= 0.6 is 35.0 Å². The molecule has 0 amide bonds. The highest BCUT2D eigenvalue weighted by atomic mass is 35.5. The first-order valence-corrected chi connectivity index (χ1v) is 8.55. The highest BCUT2D eigenvalue weighted by Crippen LogP contribution is 2.36. The third-order valence-corrected chi connectivity index (χ3v) is 4.44. The molecule has 0 aliphatic heterocycles. The van der Waals surface area contributed by atoms with E-state index in [0.29, 0.717) is 29.0 Å². The number of ether oxygens (including phenoxy) is 1. The van der Waals surface area contributed by atoms with Gasteiger partial charge in [0.1, 0.15) is 5.15 Å². The van der Waals surface area contributed by atoms with Crippen LogP contribution < -0.4 is 0 Å². The van der Waals surface area contributed by atoms with Gasteiger partial charge >= 0.3 is 5.97 Å². The van der Waals surface area contributed by atoms with E-state index in [-0.39, 0.29) is 5.97 Å². The van der Waals surface area contributed by atoms with Crippen molar-refractivity contribution in [3.8, 4) is 11.1 Å². The van der Waals surface area contributed by atoms with Crippen LogP contribution in [0.1, 0.15) is 13.3 Å². The Hall–Kier alpha value is -1.23. The number of hydrogen-bond donors (Lipinski definition) is 0. The highest BCUT2D eigenvalue weighted by molar-refractivity contribution is 7.99. The number of carbonyl (C=O) groups excluding carboxylic acids is 1. The molecule has 0 aliphatic carbocycles. The van der Waals surface area contributed by atoms with E-state index >= 15 is 0 Å². The minimum atomic E-state index is -0.185. The number of pyridine rings is 1. The number of aromatic nitrogens is 1. The Morgan fingerprint density at radius 3 is 2.82 bits per heavy atom. The average Bonchev–Trinajstić information content (AvgIpc) is 2.51. The second-order valence-corrected chi connectivity index (χ2v) is 6.32. The van der Waals surface area contributed by atoms with Gasteiger partial charge in [0, 0.05) is 22.4 Å². The van der Waals surface area contributed by atoms with Crippen molar-refractivity contribution >= 4 is 40.9 Å². The molecule has 0 bridgehead atoms. The van der Waals surface area contributed by atoms with Gasteiger partial charge in [0.15, 0.2) is 0 Å².